The third-order valence-corrected chi connectivity index (χ3v) is 3.99. The molecule has 100 valence electrons. The van der Waals surface area contributed by atoms with Gasteiger partial charge in [0.05, 0.1) is 0 Å². The summed E-state index contributed by atoms with van der Waals surface area (Å²) in [6, 6.07) is 12.8. The average molecular weight is 446 g/mol. The van der Waals surface area contributed by atoms with Gasteiger partial charge in [-0.1, -0.05) is 31.9 Å². The van der Waals surface area contributed by atoms with Crippen LogP contribution in [0.3, 0.4) is 0 Å². The van der Waals surface area contributed by atoms with Crippen LogP contribution in [0.25, 0.3) is 0 Å². The van der Waals surface area contributed by atoms with E-state index in [-0.39, 0.29) is 62.9 Å². The first-order chi connectivity index (χ1) is 8.94. The smallest absolute Gasteiger partial charge is 0.736 e. The number of halogens is 2. The zero-order valence-corrected chi connectivity index (χ0v) is 17.6. The van der Waals surface area contributed by atoms with E-state index < -0.39 is 7.82 Å². The van der Waals surface area contributed by atoms with E-state index in [0.29, 0.717) is 0 Å². The van der Waals surface area contributed by atoms with Crippen molar-refractivity contribution in [3.63, 3.8) is 0 Å². The van der Waals surface area contributed by atoms with Crippen LogP contribution in [0.2, 0.25) is 0 Å². The molecule has 2 rings (SSSR count). The van der Waals surface area contributed by atoms with Gasteiger partial charge in [-0.25, -0.2) is 4.57 Å². The zero-order chi connectivity index (χ0) is 13.9. The molecule has 20 heavy (non-hydrogen) atoms. The van der Waals surface area contributed by atoms with Crippen LogP contribution in [0.15, 0.2) is 57.5 Å². The fraction of sp³-hybridized carbons (Fsp3) is 0. The van der Waals surface area contributed by atoms with Crippen LogP contribution in [-0.2, 0) is 4.57 Å². The Labute approximate surface area is 176 Å². The molecule has 4 nitrogen and oxygen atoms in total. The van der Waals surface area contributed by atoms with Crippen LogP contribution < -0.4 is 65.3 Å². The summed E-state index contributed by atoms with van der Waals surface area (Å²) in [4.78, 5) is 11.7. The van der Waals surface area contributed by atoms with E-state index in [1.807, 2.05) is 0 Å². The van der Waals surface area contributed by atoms with Gasteiger partial charge in [-0.05, 0) is 48.5 Å². The zero-order valence-electron chi connectivity index (χ0n) is 10.5. The number of rotatable bonds is 4. The first-order valence-electron chi connectivity index (χ1n) is 5.16. The molecular formula is C12H8Br2KO4P. The molecule has 0 unspecified atom stereocenters. The third-order valence-electron chi connectivity index (χ3n) is 2.06. The van der Waals surface area contributed by atoms with E-state index in [2.05, 4.69) is 31.9 Å². The summed E-state index contributed by atoms with van der Waals surface area (Å²) in [7, 11) is -4.45. The second kappa shape index (κ2) is 8.46. The van der Waals surface area contributed by atoms with E-state index in [1.54, 1.807) is 24.3 Å². The van der Waals surface area contributed by atoms with E-state index >= 15 is 0 Å². The van der Waals surface area contributed by atoms with Crippen LogP contribution in [-0.4, -0.2) is 0 Å². The van der Waals surface area contributed by atoms with Crippen LogP contribution in [0.5, 0.6) is 11.5 Å². The van der Waals surface area contributed by atoms with Crippen molar-refractivity contribution >= 4 is 39.7 Å². The molecule has 0 aliphatic heterocycles. The molecule has 2 aromatic carbocycles. The van der Waals surface area contributed by atoms with E-state index in [1.165, 1.54) is 24.3 Å². The summed E-state index contributed by atoms with van der Waals surface area (Å²) in [6.45, 7) is 0. The van der Waals surface area contributed by atoms with Crippen LogP contribution in [0, 0.1) is 0 Å². The minimum Gasteiger partial charge on any atom is -0.736 e. The second-order valence-electron chi connectivity index (χ2n) is 3.54. The molecule has 0 N–H and O–H groups in total. The molecule has 0 amide bonds. The molecule has 0 saturated carbocycles. The van der Waals surface area contributed by atoms with Crippen molar-refractivity contribution in [3.05, 3.63) is 57.5 Å². The molecule has 0 aliphatic rings. The maximum Gasteiger partial charge on any atom is 1.00 e. The van der Waals surface area contributed by atoms with E-state index in [0.717, 1.165) is 8.95 Å². The minimum absolute atomic E-state index is 0. The summed E-state index contributed by atoms with van der Waals surface area (Å²) in [5.41, 5.74) is 0. The first-order valence-corrected chi connectivity index (χ1v) is 8.21. The molecule has 0 atom stereocenters. The largest absolute Gasteiger partial charge is 1.00 e. The van der Waals surface area contributed by atoms with Crippen LogP contribution in [0.1, 0.15) is 0 Å². The monoisotopic (exact) mass is 444 g/mol. The molecular weight excluding hydrogens is 438 g/mol. The van der Waals surface area contributed by atoms with Gasteiger partial charge >= 0.3 is 59.2 Å². The van der Waals surface area contributed by atoms with Gasteiger partial charge in [0.2, 0.25) is 0 Å². The van der Waals surface area contributed by atoms with Crippen LogP contribution in [0.4, 0.5) is 0 Å². The summed E-state index contributed by atoms with van der Waals surface area (Å²) < 4.78 is 23.0. The Balaban J connectivity index is 0.00000200. The second-order valence-corrected chi connectivity index (χ2v) is 6.63. The normalized spacial score (nSPS) is 10.6. The Morgan fingerprint density at radius 2 is 1.10 bits per heavy atom. The van der Waals surface area contributed by atoms with Crippen molar-refractivity contribution < 1.29 is 69.9 Å². The van der Waals surface area contributed by atoms with E-state index in [9.17, 15) is 9.46 Å². The average Bonchev–Trinajstić information content (AvgIpc) is 2.34. The Bertz CT molecular complexity index is 552. The predicted octanol–water partition coefficient (Wildman–Crippen LogP) is 1.14. The van der Waals surface area contributed by atoms with Gasteiger partial charge in [0.25, 0.3) is 0 Å². The molecule has 0 aromatic heterocycles. The summed E-state index contributed by atoms with van der Waals surface area (Å²) >= 11 is 6.49. The van der Waals surface area contributed by atoms with Crippen molar-refractivity contribution in [2.75, 3.05) is 0 Å². The van der Waals surface area contributed by atoms with Crippen LogP contribution >= 0.6 is 39.7 Å². The number of hydrogen-bond acceptors (Lipinski definition) is 4. The van der Waals surface area contributed by atoms with Crippen molar-refractivity contribution in [2.45, 2.75) is 0 Å². The predicted molar refractivity (Wildman–Crippen MR) is 77.1 cm³/mol. The molecule has 0 aliphatic carbocycles. The van der Waals surface area contributed by atoms with Crippen molar-refractivity contribution in [1.82, 2.24) is 0 Å². The Morgan fingerprint density at radius 3 is 1.40 bits per heavy atom. The molecule has 0 radical (unpaired) electrons. The topological polar surface area (TPSA) is 58.6 Å². The van der Waals surface area contributed by atoms with Gasteiger partial charge < -0.3 is 13.9 Å². The number of phosphoric acid groups is 1. The molecule has 2 aromatic rings. The maximum atomic E-state index is 11.7. The Morgan fingerprint density at radius 1 is 0.800 bits per heavy atom. The van der Waals surface area contributed by atoms with Gasteiger partial charge in [-0.3, -0.25) is 0 Å². The SMILES string of the molecule is O=P([O-])(Oc1ccc(Br)cc1)Oc1ccc(Br)cc1.[K+]. The summed E-state index contributed by atoms with van der Waals surface area (Å²) in [6.07, 6.45) is 0. The van der Waals surface area contributed by atoms with Gasteiger partial charge in [-0.2, -0.15) is 0 Å². The van der Waals surface area contributed by atoms with Gasteiger partial charge in [0.15, 0.2) is 0 Å². The standard InChI is InChI=1S/C12H9Br2O4P.K/c13-9-1-5-11(6-2-9)17-19(15,16)18-12-7-3-10(14)4-8-12;/h1-8H,(H,15,16);/q;+1/p-1. The molecule has 0 bridgehead atoms. The Hall–Kier alpha value is 0.826. The number of hydrogen-bond donors (Lipinski definition) is 0. The van der Waals surface area contributed by atoms with E-state index in [4.69, 9.17) is 9.05 Å². The molecule has 0 fully saturated rings. The first kappa shape index (κ1) is 18.9. The fourth-order valence-corrected chi connectivity index (χ4v) is 2.59. The third kappa shape index (κ3) is 6.30. The molecule has 8 heteroatoms. The molecule has 0 spiro atoms. The molecule has 0 heterocycles. The Kier molecular flexibility index (Phi) is 7.98. The number of benzene rings is 2. The summed E-state index contributed by atoms with van der Waals surface area (Å²) in [5.74, 6) is 0.386. The van der Waals surface area contributed by atoms with Gasteiger partial charge in [-0.15, -0.1) is 0 Å². The van der Waals surface area contributed by atoms with Crippen molar-refractivity contribution in [2.24, 2.45) is 0 Å². The minimum atomic E-state index is -4.45. The van der Waals surface area contributed by atoms with Gasteiger partial charge in [0.1, 0.15) is 11.5 Å². The van der Waals surface area contributed by atoms with Gasteiger partial charge in [0, 0.05) is 8.95 Å². The van der Waals surface area contributed by atoms with Crippen molar-refractivity contribution in [1.29, 1.82) is 0 Å². The maximum absolute atomic E-state index is 11.7. The van der Waals surface area contributed by atoms with Crippen molar-refractivity contribution in [3.8, 4) is 11.5 Å². The quantitative estimate of drug-likeness (QED) is 0.523. The molecule has 0 saturated heterocycles. The summed E-state index contributed by atoms with van der Waals surface area (Å²) in [5, 5.41) is 0. The fourth-order valence-electron chi connectivity index (χ4n) is 1.27. The number of phosphoric ester groups is 1.